The van der Waals surface area contributed by atoms with E-state index in [1.54, 1.807) is 0 Å². The molecule has 0 fully saturated rings. The minimum absolute atomic E-state index is 1.22. The normalized spacial score (nSPS) is 12.3. The molecule has 0 bridgehead atoms. The summed E-state index contributed by atoms with van der Waals surface area (Å²) < 4.78 is 0. The molecule has 0 aliphatic carbocycles. The molecule has 0 atom stereocenters. The summed E-state index contributed by atoms with van der Waals surface area (Å²) in [6.45, 7) is 0. The molecule has 0 aromatic heterocycles. The number of rotatable bonds is 4. The Labute approximate surface area is 346 Å². The Kier molecular flexibility index (Phi) is 6.38. The maximum Gasteiger partial charge on any atom is -0.000695 e. The topological polar surface area (TPSA) is 0 Å². The second-order valence-corrected chi connectivity index (χ2v) is 16.6. The Hall–Kier alpha value is -7.80. The zero-order valence-electron chi connectivity index (χ0n) is 32.6. The second-order valence-electron chi connectivity index (χ2n) is 16.6. The van der Waals surface area contributed by atoms with Crippen molar-refractivity contribution in [2.24, 2.45) is 0 Å². The van der Waals surface area contributed by atoms with Gasteiger partial charge in [0.05, 0.1) is 0 Å². The molecule has 60 heavy (non-hydrogen) atoms. The molecule has 0 N–H and O–H groups in total. The van der Waals surface area contributed by atoms with Gasteiger partial charge in [-0.1, -0.05) is 194 Å². The molecule has 0 radical (unpaired) electrons. The standard InChI is InChI=1S/C60H34/c1-3-15-35(16-4-1)40-21-7-11-25-44(40)55-51-34-49-43-24-10-9-23-42(43)46-27-14-28-47(54(46)49)57(51)58(45-26-12-8-22-41(45)36-17-5-2-6-18-36)59-48-32-31-38-30-29-37-19-13-20-39-33-50(60(55)59)56(48)53(38)52(37)39/h1-34H. The molecule has 0 aliphatic heterocycles. The molecule has 0 amide bonds. The number of hydrogen-bond donors (Lipinski definition) is 0. The molecule has 0 saturated heterocycles. The van der Waals surface area contributed by atoms with Crippen LogP contribution in [0.25, 0.3) is 141 Å². The molecule has 0 heterocycles. The van der Waals surface area contributed by atoms with Gasteiger partial charge in [0.15, 0.2) is 0 Å². The van der Waals surface area contributed by atoms with Gasteiger partial charge in [-0.2, -0.15) is 0 Å². The average molecular weight is 755 g/mol. The van der Waals surface area contributed by atoms with E-state index in [1.807, 2.05) is 0 Å². The number of fused-ring (bicyclic) bond motifs is 8. The zero-order valence-corrected chi connectivity index (χ0v) is 32.6. The first-order chi connectivity index (χ1) is 29.8. The summed E-state index contributed by atoms with van der Waals surface area (Å²) in [5.41, 5.74) is 10.0. The molecule has 0 unspecified atom stereocenters. The van der Waals surface area contributed by atoms with E-state index in [9.17, 15) is 0 Å². The van der Waals surface area contributed by atoms with Crippen LogP contribution in [0.2, 0.25) is 0 Å². The lowest BCUT2D eigenvalue weighted by atomic mass is 9.81. The molecule has 14 aromatic carbocycles. The second kappa shape index (κ2) is 11.9. The molecule has 0 heteroatoms. The van der Waals surface area contributed by atoms with Crippen molar-refractivity contribution in [1.82, 2.24) is 0 Å². The molecule has 14 rings (SSSR count). The third kappa shape index (κ3) is 4.15. The molecule has 0 saturated carbocycles. The minimum Gasteiger partial charge on any atom is -0.0622 e. The highest BCUT2D eigenvalue weighted by atomic mass is 14.3. The average Bonchev–Trinajstić information content (AvgIpc) is 3.82. The first-order valence-electron chi connectivity index (χ1n) is 21.0. The Bertz CT molecular complexity index is 4020. The van der Waals surface area contributed by atoms with Gasteiger partial charge in [0, 0.05) is 0 Å². The van der Waals surface area contributed by atoms with Crippen LogP contribution in [0.15, 0.2) is 206 Å². The van der Waals surface area contributed by atoms with Gasteiger partial charge in [-0.25, -0.2) is 0 Å². The lowest BCUT2D eigenvalue weighted by Gasteiger charge is -2.22. The maximum atomic E-state index is 2.57. The summed E-state index contributed by atoms with van der Waals surface area (Å²) in [7, 11) is 0. The number of hydrogen-bond acceptors (Lipinski definition) is 0. The van der Waals surface area contributed by atoms with Crippen LogP contribution in [0.3, 0.4) is 0 Å². The van der Waals surface area contributed by atoms with Crippen LogP contribution in [-0.4, -0.2) is 0 Å². The SMILES string of the molecule is c1ccc(-c2ccccc2-c2c3cc4c5ccccc5c5cccc(c3c(-c3ccccc3-c3ccccc3)c3c6ccc7ccc8cccc9cc(c23)c6c7c89)c54)cc1. The highest BCUT2D eigenvalue weighted by Gasteiger charge is 2.29. The number of benzene rings is 12. The highest BCUT2D eigenvalue weighted by Crippen LogP contribution is 2.57. The Morgan fingerprint density at radius 2 is 0.683 bits per heavy atom. The van der Waals surface area contributed by atoms with Gasteiger partial charge >= 0.3 is 0 Å². The van der Waals surface area contributed by atoms with Crippen molar-refractivity contribution < 1.29 is 0 Å². The predicted molar refractivity (Wildman–Crippen MR) is 259 cm³/mol. The molecule has 0 nitrogen and oxygen atoms in total. The molecule has 0 aliphatic rings. The van der Waals surface area contributed by atoms with Crippen molar-refractivity contribution in [3.8, 4) is 44.5 Å². The third-order valence-electron chi connectivity index (χ3n) is 13.7. The van der Waals surface area contributed by atoms with E-state index in [-0.39, 0.29) is 0 Å². The van der Waals surface area contributed by atoms with E-state index in [4.69, 9.17) is 0 Å². The molecule has 14 aromatic rings. The Morgan fingerprint density at radius 3 is 1.40 bits per heavy atom. The van der Waals surface area contributed by atoms with Crippen LogP contribution in [0.4, 0.5) is 0 Å². The Morgan fingerprint density at radius 1 is 0.183 bits per heavy atom. The summed E-state index contributed by atoms with van der Waals surface area (Å²) in [4.78, 5) is 0. The summed E-state index contributed by atoms with van der Waals surface area (Å²) in [6, 6.07) is 77.6. The van der Waals surface area contributed by atoms with E-state index in [0.717, 1.165) is 0 Å². The van der Waals surface area contributed by atoms with Crippen molar-refractivity contribution in [2.75, 3.05) is 0 Å². The summed E-state index contributed by atoms with van der Waals surface area (Å²) in [5, 5.41) is 23.7. The van der Waals surface area contributed by atoms with Gasteiger partial charge in [0.2, 0.25) is 0 Å². The fraction of sp³-hybridized carbons (Fsp3) is 0. The van der Waals surface area contributed by atoms with E-state index in [0.29, 0.717) is 0 Å². The smallest absolute Gasteiger partial charge is 0.000695 e. The van der Waals surface area contributed by atoms with Gasteiger partial charge in [0.25, 0.3) is 0 Å². The van der Waals surface area contributed by atoms with Crippen LogP contribution >= 0.6 is 0 Å². The summed E-state index contributed by atoms with van der Waals surface area (Å²) in [6.07, 6.45) is 0. The Balaban J connectivity index is 1.34. The van der Waals surface area contributed by atoms with Crippen LogP contribution < -0.4 is 0 Å². The van der Waals surface area contributed by atoms with Crippen LogP contribution in [0, 0.1) is 0 Å². The van der Waals surface area contributed by atoms with Crippen LogP contribution in [0.1, 0.15) is 0 Å². The monoisotopic (exact) mass is 754 g/mol. The van der Waals surface area contributed by atoms with Crippen LogP contribution in [0.5, 0.6) is 0 Å². The largest absolute Gasteiger partial charge is 0.0622 e. The highest BCUT2D eigenvalue weighted by molar-refractivity contribution is 6.48. The molecular weight excluding hydrogens is 721 g/mol. The first-order valence-corrected chi connectivity index (χ1v) is 21.0. The lowest BCUT2D eigenvalue weighted by Crippen LogP contribution is -1.94. The molecule has 0 spiro atoms. The zero-order chi connectivity index (χ0) is 39.1. The molecule has 274 valence electrons. The van der Waals surface area contributed by atoms with Crippen molar-refractivity contribution in [3.05, 3.63) is 206 Å². The van der Waals surface area contributed by atoms with E-state index in [1.165, 1.54) is 141 Å². The first kappa shape index (κ1) is 32.2. The van der Waals surface area contributed by atoms with Crippen molar-refractivity contribution in [1.29, 1.82) is 0 Å². The van der Waals surface area contributed by atoms with Crippen molar-refractivity contribution in [3.63, 3.8) is 0 Å². The van der Waals surface area contributed by atoms with Crippen molar-refractivity contribution >= 4 is 97.0 Å². The predicted octanol–water partition coefficient (Wildman–Crippen LogP) is 17.0. The maximum absolute atomic E-state index is 2.57. The van der Waals surface area contributed by atoms with E-state index < -0.39 is 0 Å². The molecular formula is C60H34. The summed E-state index contributed by atoms with van der Waals surface area (Å²) in [5.74, 6) is 0. The van der Waals surface area contributed by atoms with Gasteiger partial charge in [-0.15, -0.1) is 0 Å². The van der Waals surface area contributed by atoms with Gasteiger partial charge in [-0.05, 0) is 154 Å². The van der Waals surface area contributed by atoms with Gasteiger partial charge < -0.3 is 0 Å². The van der Waals surface area contributed by atoms with Crippen LogP contribution in [-0.2, 0) is 0 Å². The minimum atomic E-state index is 1.22. The third-order valence-corrected chi connectivity index (χ3v) is 13.7. The van der Waals surface area contributed by atoms with Gasteiger partial charge in [0.1, 0.15) is 0 Å². The quantitative estimate of drug-likeness (QED) is 0.157. The van der Waals surface area contributed by atoms with E-state index >= 15 is 0 Å². The van der Waals surface area contributed by atoms with Crippen molar-refractivity contribution in [2.45, 2.75) is 0 Å². The summed E-state index contributed by atoms with van der Waals surface area (Å²) >= 11 is 0. The van der Waals surface area contributed by atoms with E-state index in [2.05, 4.69) is 206 Å². The fourth-order valence-electron chi connectivity index (χ4n) is 11.3. The lowest BCUT2D eigenvalue weighted by molar-refractivity contribution is 1.61. The fourth-order valence-corrected chi connectivity index (χ4v) is 11.3. The van der Waals surface area contributed by atoms with Gasteiger partial charge in [-0.3, -0.25) is 0 Å².